The van der Waals surface area contributed by atoms with Crippen molar-refractivity contribution in [1.82, 2.24) is 5.32 Å². The number of halogens is 4. The van der Waals surface area contributed by atoms with Crippen molar-refractivity contribution in [3.8, 4) is 5.75 Å². The van der Waals surface area contributed by atoms with Crippen LogP contribution < -0.4 is 10.1 Å². The summed E-state index contributed by atoms with van der Waals surface area (Å²) in [5.74, 6) is 0.550. The quantitative estimate of drug-likeness (QED) is 0.697. The van der Waals surface area contributed by atoms with E-state index in [0.29, 0.717) is 20.8 Å². The fourth-order valence-corrected chi connectivity index (χ4v) is 3.06. The van der Waals surface area contributed by atoms with Crippen LogP contribution in [0.3, 0.4) is 0 Å². The van der Waals surface area contributed by atoms with E-state index in [2.05, 4.69) is 21.2 Å². The summed E-state index contributed by atoms with van der Waals surface area (Å²) in [6, 6.07) is 9.17. The summed E-state index contributed by atoms with van der Waals surface area (Å²) in [5.41, 5.74) is 1.86. The van der Waals surface area contributed by atoms with E-state index in [4.69, 9.17) is 39.5 Å². The second-order valence-electron chi connectivity index (χ2n) is 4.40. The lowest BCUT2D eigenvalue weighted by atomic mass is 9.98. The van der Waals surface area contributed by atoms with Gasteiger partial charge in [-0.05, 0) is 52.3 Å². The molecule has 0 saturated heterocycles. The van der Waals surface area contributed by atoms with Gasteiger partial charge in [-0.2, -0.15) is 0 Å². The molecule has 2 aromatic rings. The highest BCUT2D eigenvalue weighted by Crippen LogP contribution is 2.37. The first-order valence-electron chi connectivity index (χ1n) is 6.13. The van der Waals surface area contributed by atoms with Crippen LogP contribution in [0.15, 0.2) is 34.8 Å². The van der Waals surface area contributed by atoms with E-state index in [9.17, 15) is 0 Å². The molecule has 0 aliphatic carbocycles. The largest absolute Gasteiger partial charge is 0.495 e. The lowest BCUT2D eigenvalue weighted by molar-refractivity contribution is 0.415. The first-order chi connectivity index (χ1) is 9.97. The van der Waals surface area contributed by atoms with Crippen molar-refractivity contribution in [2.75, 3.05) is 14.2 Å². The summed E-state index contributed by atoms with van der Waals surface area (Å²) in [6.07, 6.45) is 0. The number of hydrogen-bond donors (Lipinski definition) is 1. The number of rotatable bonds is 4. The average molecular weight is 410 g/mol. The molecule has 0 aliphatic heterocycles. The molecule has 2 nitrogen and oxygen atoms in total. The van der Waals surface area contributed by atoms with Crippen LogP contribution in [0.4, 0.5) is 0 Å². The normalized spacial score (nSPS) is 12.3. The van der Waals surface area contributed by atoms with E-state index in [1.165, 1.54) is 0 Å². The predicted octanol–water partition coefficient (Wildman–Crippen LogP) is 5.73. The maximum atomic E-state index is 6.35. The van der Waals surface area contributed by atoms with Crippen molar-refractivity contribution in [1.29, 1.82) is 0 Å². The molecule has 112 valence electrons. The van der Waals surface area contributed by atoms with Gasteiger partial charge in [0.05, 0.1) is 23.2 Å². The van der Waals surface area contributed by atoms with Crippen molar-refractivity contribution in [3.05, 3.63) is 61.0 Å². The molecule has 0 aromatic heterocycles. The van der Waals surface area contributed by atoms with Crippen LogP contribution in [0, 0.1) is 0 Å². The molecular formula is C15H13BrCl3NO. The topological polar surface area (TPSA) is 21.3 Å². The molecule has 0 heterocycles. The third kappa shape index (κ3) is 3.66. The molecule has 0 fully saturated rings. The van der Waals surface area contributed by atoms with Crippen LogP contribution in [0.1, 0.15) is 17.2 Å². The van der Waals surface area contributed by atoms with Gasteiger partial charge in [0.2, 0.25) is 0 Å². The van der Waals surface area contributed by atoms with Crippen molar-refractivity contribution in [2.45, 2.75) is 6.04 Å². The SMILES string of the molecule is CNC(c1ccc(Br)c(Cl)c1)c1cc(Cl)c(OC)cc1Cl. The maximum Gasteiger partial charge on any atom is 0.138 e. The Labute approximate surface area is 147 Å². The molecule has 2 aromatic carbocycles. The minimum Gasteiger partial charge on any atom is -0.495 e. The third-order valence-electron chi connectivity index (χ3n) is 3.15. The Bertz CT molecular complexity index is 664. The zero-order valence-corrected chi connectivity index (χ0v) is 15.2. The number of ether oxygens (including phenoxy) is 1. The third-order valence-corrected chi connectivity index (χ3v) is 5.00. The maximum absolute atomic E-state index is 6.35. The molecule has 21 heavy (non-hydrogen) atoms. The van der Waals surface area contributed by atoms with Gasteiger partial charge in [0.1, 0.15) is 5.75 Å². The van der Waals surface area contributed by atoms with E-state index >= 15 is 0 Å². The van der Waals surface area contributed by atoms with Gasteiger partial charge in [-0.1, -0.05) is 40.9 Å². The zero-order chi connectivity index (χ0) is 15.6. The van der Waals surface area contributed by atoms with Gasteiger partial charge in [-0.25, -0.2) is 0 Å². The molecule has 0 amide bonds. The molecule has 0 bridgehead atoms. The van der Waals surface area contributed by atoms with E-state index in [1.54, 1.807) is 19.2 Å². The lowest BCUT2D eigenvalue weighted by Crippen LogP contribution is -2.18. The van der Waals surface area contributed by atoms with E-state index in [0.717, 1.165) is 15.6 Å². The monoisotopic (exact) mass is 407 g/mol. The molecule has 0 saturated carbocycles. The number of nitrogens with one attached hydrogen (secondary N) is 1. The lowest BCUT2D eigenvalue weighted by Gasteiger charge is -2.20. The Morgan fingerprint density at radius 1 is 1.05 bits per heavy atom. The van der Waals surface area contributed by atoms with Crippen molar-refractivity contribution in [3.63, 3.8) is 0 Å². The molecular weight excluding hydrogens is 396 g/mol. The summed E-state index contributed by atoms with van der Waals surface area (Å²) in [4.78, 5) is 0. The fourth-order valence-electron chi connectivity index (χ4n) is 2.12. The summed E-state index contributed by atoms with van der Waals surface area (Å²) >= 11 is 22.1. The zero-order valence-electron chi connectivity index (χ0n) is 11.4. The summed E-state index contributed by atoms with van der Waals surface area (Å²) in [6.45, 7) is 0. The van der Waals surface area contributed by atoms with Crippen LogP contribution >= 0.6 is 50.7 Å². The van der Waals surface area contributed by atoms with Crippen LogP contribution in [0.5, 0.6) is 5.75 Å². The first kappa shape index (κ1) is 16.9. The summed E-state index contributed by atoms with van der Waals surface area (Å²) in [5, 5.41) is 4.96. The molecule has 6 heteroatoms. The van der Waals surface area contributed by atoms with Crippen LogP contribution in [0.2, 0.25) is 15.1 Å². The van der Waals surface area contributed by atoms with E-state index in [1.807, 2.05) is 25.2 Å². The van der Waals surface area contributed by atoms with Gasteiger partial charge in [0.25, 0.3) is 0 Å². The molecule has 1 N–H and O–H groups in total. The van der Waals surface area contributed by atoms with Crippen LogP contribution in [-0.4, -0.2) is 14.2 Å². The fraction of sp³-hybridized carbons (Fsp3) is 0.200. The van der Waals surface area contributed by atoms with Gasteiger partial charge in [0.15, 0.2) is 0 Å². The average Bonchev–Trinajstić information content (AvgIpc) is 2.46. The van der Waals surface area contributed by atoms with Crippen LogP contribution in [0.25, 0.3) is 0 Å². The van der Waals surface area contributed by atoms with Crippen molar-refractivity contribution < 1.29 is 4.74 Å². The van der Waals surface area contributed by atoms with Crippen LogP contribution in [-0.2, 0) is 0 Å². The van der Waals surface area contributed by atoms with Crippen molar-refractivity contribution >= 4 is 50.7 Å². The second kappa shape index (κ2) is 7.21. The molecule has 0 spiro atoms. The summed E-state index contributed by atoms with van der Waals surface area (Å²) in [7, 11) is 3.41. The Morgan fingerprint density at radius 2 is 1.76 bits per heavy atom. The van der Waals surface area contributed by atoms with Gasteiger partial charge < -0.3 is 10.1 Å². The summed E-state index contributed by atoms with van der Waals surface area (Å²) < 4.78 is 6.02. The minimum absolute atomic E-state index is 0.119. The van der Waals surface area contributed by atoms with Crippen molar-refractivity contribution in [2.24, 2.45) is 0 Å². The molecule has 0 aliphatic rings. The Hall–Kier alpha value is -0.450. The van der Waals surface area contributed by atoms with Gasteiger partial charge in [0, 0.05) is 15.6 Å². The molecule has 0 radical (unpaired) electrons. The highest BCUT2D eigenvalue weighted by molar-refractivity contribution is 9.10. The molecule has 1 atom stereocenters. The Kier molecular flexibility index (Phi) is 5.81. The highest BCUT2D eigenvalue weighted by Gasteiger charge is 2.18. The highest BCUT2D eigenvalue weighted by atomic mass is 79.9. The first-order valence-corrected chi connectivity index (χ1v) is 8.05. The molecule has 1 unspecified atom stereocenters. The second-order valence-corrected chi connectivity index (χ2v) is 6.48. The predicted molar refractivity (Wildman–Crippen MR) is 93.1 cm³/mol. The van der Waals surface area contributed by atoms with E-state index in [-0.39, 0.29) is 6.04 Å². The standard InChI is InChI=1S/C15H13BrCl3NO/c1-20-15(8-3-4-10(16)12(18)5-8)9-6-13(19)14(21-2)7-11(9)17/h3-7,15,20H,1-2H3. The number of methoxy groups -OCH3 is 1. The Morgan fingerprint density at radius 3 is 2.33 bits per heavy atom. The van der Waals surface area contributed by atoms with Gasteiger partial charge >= 0.3 is 0 Å². The van der Waals surface area contributed by atoms with Gasteiger partial charge in [-0.15, -0.1) is 0 Å². The number of benzene rings is 2. The van der Waals surface area contributed by atoms with E-state index < -0.39 is 0 Å². The van der Waals surface area contributed by atoms with Gasteiger partial charge in [-0.3, -0.25) is 0 Å². The smallest absolute Gasteiger partial charge is 0.138 e. The minimum atomic E-state index is -0.119. The molecule has 2 rings (SSSR count). The number of hydrogen-bond acceptors (Lipinski definition) is 2. The Balaban J connectivity index is 2.50.